The smallest absolute Gasteiger partial charge is 0.242 e. The molecule has 1 saturated heterocycles. The molecule has 3 aromatic rings. The van der Waals surface area contributed by atoms with Gasteiger partial charge in [0.15, 0.2) is 5.78 Å². The molecule has 44 heavy (non-hydrogen) atoms. The molecule has 0 spiro atoms. The van der Waals surface area contributed by atoms with Gasteiger partial charge >= 0.3 is 0 Å². The monoisotopic (exact) mass is 610 g/mol. The molecule has 1 unspecified atom stereocenters. The fourth-order valence-corrected chi connectivity index (χ4v) is 7.06. The van der Waals surface area contributed by atoms with Crippen molar-refractivity contribution < 1.29 is 9.59 Å². The first-order valence-corrected chi connectivity index (χ1v) is 16.1. The van der Waals surface area contributed by atoms with E-state index in [1.54, 1.807) is 0 Å². The Kier molecular flexibility index (Phi) is 8.00. The van der Waals surface area contributed by atoms with Crippen LogP contribution < -0.4 is 15.1 Å². The van der Waals surface area contributed by atoms with Gasteiger partial charge in [0.1, 0.15) is 0 Å². The molecular weight excluding hydrogens is 568 g/mol. The van der Waals surface area contributed by atoms with Crippen molar-refractivity contribution >= 4 is 40.4 Å². The van der Waals surface area contributed by atoms with Gasteiger partial charge in [0, 0.05) is 54.6 Å². The zero-order valence-electron chi connectivity index (χ0n) is 26.5. The number of amides is 1. The number of ketones is 1. The average molecular weight is 611 g/mol. The number of carbonyl (C=O) groups is 2. The average Bonchev–Trinajstić information content (AvgIpc) is 3.10. The number of hydrogen-bond acceptors (Lipinski definition) is 5. The number of nitrogens with zero attached hydrogens (tertiary/aromatic N) is 3. The van der Waals surface area contributed by atoms with Crippen molar-refractivity contribution in [3.8, 4) is 0 Å². The van der Waals surface area contributed by atoms with Gasteiger partial charge in [0.2, 0.25) is 5.91 Å². The first-order valence-electron chi connectivity index (χ1n) is 15.7. The molecule has 0 saturated carbocycles. The lowest BCUT2D eigenvalue weighted by atomic mass is 9.73. The second-order valence-corrected chi connectivity index (χ2v) is 14.7. The highest BCUT2D eigenvalue weighted by Crippen LogP contribution is 2.48. The van der Waals surface area contributed by atoms with E-state index in [0.29, 0.717) is 24.5 Å². The second kappa shape index (κ2) is 11.6. The molecule has 6 nitrogen and oxygen atoms in total. The lowest BCUT2D eigenvalue weighted by molar-refractivity contribution is -0.130. The lowest BCUT2D eigenvalue weighted by Crippen LogP contribution is -2.52. The summed E-state index contributed by atoms with van der Waals surface area (Å²) in [6.45, 7) is 13.9. The van der Waals surface area contributed by atoms with Crippen LogP contribution in [0.2, 0.25) is 5.02 Å². The van der Waals surface area contributed by atoms with E-state index in [9.17, 15) is 9.59 Å². The van der Waals surface area contributed by atoms with Crippen molar-refractivity contribution in [2.24, 2.45) is 5.41 Å². The van der Waals surface area contributed by atoms with E-state index in [2.05, 4.69) is 92.2 Å². The van der Waals surface area contributed by atoms with Gasteiger partial charge < -0.3 is 20.0 Å². The molecule has 1 fully saturated rings. The Morgan fingerprint density at radius 1 is 0.932 bits per heavy atom. The van der Waals surface area contributed by atoms with E-state index in [1.807, 2.05) is 35.2 Å². The Labute approximate surface area is 266 Å². The van der Waals surface area contributed by atoms with Crippen molar-refractivity contribution in [1.29, 1.82) is 0 Å². The summed E-state index contributed by atoms with van der Waals surface area (Å²) < 4.78 is 0. The van der Waals surface area contributed by atoms with E-state index >= 15 is 0 Å². The van der Waals surface area contributed by atoms with Crippen LogP contribution in [0.4, 0.5) is 17.1 Å². The highest BCUT2D eigenvalue weighted by molar-refractivity contribution is 6.30. The summed E-state index contributed by atoms with van der Waals surface area (Å²) in [5.41, 5.74) is 6.81. The number of hydrogen-bond donors (Lipinski definition) is 1. The highest BCUT2D eigenvalue weighted by Gasteiger charge is 2.42. The van der Waals surface area contributed by atoms with Crippen LogP contribution >= 0.6 is 11.6 Å². The largest absolute Gasteiger partial charge is 0.368 e. The van der Waals surface area contributed by atoms with E-state index < -0.39 is 0 Å². The van der Waals surface area contributed by atoms with E-state index in [0.717, 1.165) is 53.4 Å². The molecule has 3 aromatic carbocycles. The normalized spacial score (nSPS) is 20.1. The third-order valence-corrected chi connectivity index (χ3v) is 9.44. The molecule has 1 amide bonds. The zero-order chi connectivity index (χ0) is 31.2. The summed E-state index contributed by atoms with van der Waals surface area (Å²) >= 11 is 6.25. The van der Waals surface area contributed by atoms with Crippen LogP contribution in [0.15, 0.2) is 84.1 Å². The van der Waals surface area contributed by atoms with E-state index in [1.165, 1.54) is 5.56 Å². The van der Waals surface area contributed by atoms with Gasteiger partial charge in [-0.05, 0) is 58.7 Å². The number of allylic oxidation sites excluding steroid dienone is 1. The molecule has 1 aliphatic carbocycles. The summed E-state index contributed by atoms with van der Waals surface area (Å²) in [5, 5.41) is 4.38. The number of anilines is 3. The first kappa shape index (κ1) is 30.3. The minimum absolute atomic E-state index is 0.00807. The minimum Gasteiger partial charge on any atom is -0.368 e. The molecule has 2 aliphatic heterocycles. The topological polar surface area (TPSA) is 55.9 Å². The van der Waals surface area contributed by atoms with Crippen molar-refractivity contribution in [2.75, 3.05) is 47.8 Å². The van der Waals surface area contributed by atoms with Crippen LogP contribution in [0.3, 0.4) is 0 Å². The van der Waals surface area contributed by atoms with Gasteiger partial charge in [-0.25, -0.2) is 0 Å². The van der Waals surface area contributed by atoms with Crippen LogP contribution in [-0.4, -0.2) is 49.3 Å². The molecule has 1 N–H and O–H groups in total. The van der Waals surface area contributed by atoms with Crippen LogP contribution in [0.25, 0.3) is 0 Å². The number of para-hydroxylation sites is 2. The summed E-state index contributed by atoms with van der Waals surface area (Å²) in [5.74, 6) is 0.212. The molecule has 2 heterocycles. The molecule has 0 radical (unpaired) electrons. The Balaban J connectivity index is 1.36. The third kappa shape index (κ3) is 6.10. The minimum atomic E-state index is -0.379. The van der Waals surface area contributed by atoms with Gasteiger partial charge in [-0.15, -0.1) is 0 Å². The molecule has 7 heteroatoms. The maximum atomic E-state index is 14.1. The van der Waals surface area contributed by atoms with E-state index in [-0.39, 0.29) is 35.1 Å². The number of Topliss-reactive ketones (excluding diaryl/α,β-unsaturated/α-hetero) is 1. The van der Waals surface area contributed by atoms with Crippen LogP contribution in [-0.2, 0) is 15.0 Å². The fraction of sp³-hybridized carbons (Fsp3) is 0.405. The van der Waals surface area contributed by atoms with Crippen molar-refractivity contribution in [3.63, 3.8) is 0 Å². The number of halogens is 1. The predicted molar refractivity (Wildman–Crippen MR) is 181 cm³/mol. The van der Waals surface area contributed by atoms with Crippen LogP contribution in [0.5, 0.6) is 0 Å². The molecular formula is C37H43ClN4O2. The van der Waals surface area contributed by atoms with Gasteiger partial charge in [-0.3, -0.25) is 9.59 Å². The van der Waals surface area contributed by atoms with Crippen LogP contribution in [0.1, 0.15) is 64.6 Å². The Morgan fingerprint density at radius 3 is 2.32 bits per heavy atom. The number of rotatable bonds is 4. The van der Waals surface area contributed by atoms with Gasteiger partial charge in [0.25, 0.3) is 0 Å². The highest BCUT2D eigenvalue weighted by atomic mass is 35.5. The van der Waals surface area contributed by atoms with Crippen molar-refractivity contribution in [3.05, 3.63) is 100 Å². The summed E-state index contributed by atoms with van der Waals surface area (Å²) in [6, 6.07) is 24.3. The Bertz CT molecular complexity index is 1600. The number of nitrogens with one attached hydrogen (secondary N) is 1. The fourth-order valence-electron chi connectivity index (χ4n) is 6.87. The van der Waals surface area contributed by atoms with Crippen LogP contribution in [0, 0.1) is 5.41 Å². The third-order valence-electron chi connectivity index (χ3n) is 9.21. The number of piperazine rings is 1. The summed E-state index contributed by atoms with van der Waals surface area (Å²) in [7, 11) is 0. The standard InChI is InChI=1S/C37H43ClN4O2/c1-36(2,3)26-15-13-25(14-16-26)35-34-30(22-37(4,5)23-32(34)43)39-29-11-6-7-12-31(29)42(35)24-33(44)41-19-17-40(18-20-41)28-10-8-9-27(38)21-28/h6-16,21,35,39H,17-20,22-24H2,1-5H3. The van der Waals surface area contributed by atoms with Gasteiger partial charge in [-0.2, -0.15) is 0 Å². The van der Waals surface area contributed by atoms with E-state index in [4.69, 9.17) is 11.6 Å². The van der Waals surface area contributed by atoms with Gasteiger partial charge in [-0.1, -0.05) is 88.7 Å². The summed E-state index contributed by atoms with van der Waals surface area (Å²) in [4.78, 5) is 34.6. The molecule has 0 aromatic heterocycles. The summed E-state index contributed by atoms with van der Waals surface area (Å²) in [6.07, 6.45) is 1.25. The molecule has 0 bridgehead atoms. The number of carbonyl (C=O) groups excluding carboxylic acids is 2. The first-order chi connectivity index (χ1) is 20.9. The molecule has 1 atom stereocenters. The number of benzene rings is 3. The zero-order valence-corrected chi connectivity index (χ0v) is 27.2. The Morgan fingerprint density at radius 2 is 1.64 bits per heavy atom. The maximum absolute atomic E-state index is 14.1. The molecule has 230 valence electrons. The quantitative estimate of drug-likeness (QED) is 0.330. The molecule has 3 aliphatic rings. The second-order valence-electron chi connectivity index (χ2n) is 14.2. The van der Waals surface area contributed by atoms with Gasteiger partial charge in [0.05, 0.1) is 24.0 Å². The van der Waals surface area contributed by atoms with Crippen molar-refractivity contribution in [1.82, 2.24) is 4.90 Å². The SMILES string of the molecule is CC1(C)CC(=O)C2=C(C1)Nc1ccccc1N(CC(=O)N1CCN(c3cccc(Cl)c3)CC1)C2c1ccc(C(C)(C)C)cc1. The Hall–Kier alpha value is -3.77. The van der Waals surface area contributed by atoms with Crippen molar-refractivity contribution in [2.45, 2.75) is 58.9 Å². The maximum Gasteiger partial charge on any atom is 0.242 e. The molecule has 6 rings (SSSR count). The lowest BCUT2D eigenvalue weighted by Gasteiger charge is -2.40. The number of fused-ring (bicyclic) bond motifs is 1. The predicted octanol–water partition coefficient (Wildman–Crippen LogP) is 7.60.